The van der Waals surface area contributed by atoms with Crippen LogP contribution in [0.2, 0.25) is 0 Å². The second-order valence-electron chi connectivity index (χ2n) is 4.77. The molecule has 0 unspecified atom stereocenters. The van der Waals surface area contributed by atoms with Gasteiger partial charge in [-0.25, -0.2) is 4.39 Å². The fourth-order valence-corrected chi connectivity index (χ4v) is 2.30. The summed E-state index contributed by atoms with van der Waals surface area (Å²) >= 11 is 0. The van der Waals surface area contributed by atoms with E-state index in [1.54, 1.807) is 0 Å². The molecule has 21 heavy (non-hydrogen) atoms. The molecule has 0 N–H and O–H groups in total. The van der Waals surface area contributed by atoms with Crippen LogP contribution in [0, 0.1) is 15.9 Å². The average molecular weight is 307 g/mol. The van der Waals surface area contributed by atoms with E-state index in [4.69, 9.17) is 0 Å². The van der Waals surface area contributed by atoms with Crippen LogP contribution in [0.3, 0.4) is 0 Å². The molecule has 1 fully saturated rings. The largest absolute Gasteiger partial charge is 0.401 e. The van der Waals surface area contributed by atoms with Crippen LogP contribution in [0.4, 0.5) is 28.9 Å². The van der Waals surface area contributed by atoms with Gasteiger partial charge in [-0.2, -0.15) is 13.2 Å². The number of nitro groups is 1. The van der Waals surface area contributed by atoms with Crippen LogP contribution in [0.1, 0.15) is 0 Å². The minimum absolute atomic E-state index is 0.103. The van der Waals surface area contributed by atoms with Crippen molar-refractivity contribution in [3.63, 3.8) is 0 Å². The second-order valence-corrected chi connectivity index (χ2v) is 4.77. The Kier molecular flexibility index (Phi) is 4.31. The number of alkyl halides is 3. The highest BCUT2D eigenvalue weighted by molar-refractivity contribution is 5.63. The molecular formula is C12H13F4N3O2. The third-order valence-electron chi connectivity index (χ3n) is 3.25. The number of nitrogens with zero attached hydrogens (tertiary/aromatic N) is 3. The van der Waals surface area contributed by atoms with Gasteiger partial charge in [-0.15, -0.1) is 0 Å². The molecule has 0 radical (unpaired) electrons. The zero-order valence-electron chi connectivity index (χ0n) is 10.9. The fourth-order valence-electron chi connectivity index (χ4n) is 2.30. The second kappa shape index (κ2) is 5.84. The van der Waals surface area contributed by atoms with Gasteiger partial charge in [0, 0.05) is 38.3 Å². The third-order valence-corrected chi connectivity index (χ3v) is 3.25. The minimum atomic E-state index is -4.27. The molecule has 1 aromatic rings. The zero-order valence-corrected chi connectivity index (χ0v) is 10.9. The Morgan fingerprint density at radius 1 is 1.19 bits per heavy atom. The van der Waals surface area contributed by atoms with Crippen molar-refractivity contribution in [2.75, 3.05) is 37.6 Å². The normalized spacial score (nSPS) is 17.0. The molecule has 9 heteroatoms. The van der Waals surface area contributed by atoms with E-state index in [9.17, 15) is 27.7 Å². The zero-order chi connectivity index (χ0) is 15.6. The van der Waals surface area contributed by atoms with E-state index in [0.717, 1.165) is 18.2 Å². The molecule has 1 aromatic carbocycles. The molecule has 0 saturated carbocycles. The summed E-state index contributed by atoms with van der Waals surface area (Å²) in [6.07, 6.45) is -4.27. The van der Waals surface area contributed by atoms with Crippen LogP contribution in [0.25, 0.3) is 0 Å². The van der Waals surface area contributed by atoms with Crippen molar-refractivity contribution in [2.24, 2.45) is 0 Å². The van der Waals surface area contributed by atoms with Crippen LogP contribution in [-0.2, 0) is 0 Å². The molecule has 0 spiro atoms. The van der Waals surface area contributed by atoms with Gasteiger partial charge >= 0.3 is 6.18 Å². The molecule has 1 saturated heterocycles. The lowest BCUT2D eigenvalue weighted by Gasteiger charge is -2.35. The van der Waals surface area contributed by atoms with Crippen LogP contribution < -0.4 is 4.90 Å². The van der Waals surface area contributed by atoms with Crippen molar-refractivity contribution in [2.45, 2.75) is 6.18 Å². The molecule has 0 aliphatic carbocycles. The maximum absolute atomic E-state index is 13.3. The Bertz CT molecular complexity index is 528. The number of nitro benzene ring substituents is 1. The lowest BCUT2D eigenvalue weighted by molar-refractivity contribution is -0.384. The summed E-state index contributed by atoms with van der Waals surface area (Å²) < 4.78 is 50.1. The van der Waals surface area contributed by atoms with Gasteiger partial charge in [-0.1, -0.05) is 0 Å². The molecule has 116 valence electrons. The minimum Gasteiger partial charge on any atom is -0.363 e. The van der Waals surface area contributed by atoms with Crippen LogP contribution in [0.5, 0.6) is 0 Å². The van der Waals surface area contributed by atoms with Gasteiger partial charge in [0.15, 0.2) is 0 Å². The number of piperazine rings is 1. The number of rotatable bonds is 3. The van der Waals surface area contributed by atoms with Gasteiger partial charge < -0.3 is 4.90 Å². The molecule has 0 aromatic heterocycles. The summed E-state index contributed by atoms with van der Waals surface area (Å²) in [7, 11) is 0. The van der Waals surface area contributed by atoms with E-state index in [1.807, 2.05) is 0 Å². The first-order valence-electron chi connectivity index (χ1n) is 6.24. The summed E-state index contributed by atoms with van der Waals surface area (Å²) in [4.78, 5) is 13.1. The molecule has 1 heterocycles. The number of anilines is 1. The van der Waals surface area contributed by atoms with Crippen LogP contribution in [-0.4, -0.2) is 48.7 Å². The maximum atomic E-state index is 13.3. The Morgan fingerprint density at radius 2 is 1.81 bits per heavy atom. The first-order chi connectivity index (χ1) is 9.76. The van der Waals surface area contributed by atoms with E-state index < -0.39 is 23.5 Å². The van der Waals surface area contributed by atoms with Crippen LogP contribution in [0.15, 0.2) is 18.2 Å². The monoisotopic (exact) mass is 307 g/mol. The van der Waals surface area contributed by atoms with E-state index in [2.05, 4.69) is 0 Å². The number of hydrogen-bond donors (Lipinski definition) is 0. The first-order valence-corrected chi connectivity index (χ1v) is 6.24. The molecular weight excluding hydrogens is 294 g/mol. The molecule has 0 atom stereocenters. The molecule has 0 bridgehead atoms. The predicted molar refractivity (Wildman–Crippen MR) is 67.8 cm³/mol. The molecule has 5 nitrogen and oxygen atoms in total. The van der Waals surface area contributed by atoms with E-state index in [-0.39, 0.29) is 37.6 Å². The van der Waals surface area contributed by atoms with Crippen molar-refractivity contribution in [3.05, 3.63) is 34.1 Å². The van der Waals surface area contributed by atoms with Gasteiger partial charge in [-0.05, 0) is 6.07 Å². The summed E-state index contributed by atoms with van der Waals surface area (Å²) in [6.45, 7) is -0.410. The van der Waals surface area contributed by atoms with Crippen molar-refractivity contribution in [3.8, 4) is 0 Å². The highest BCUT2D eigenvalue weighted by Crippen LogP contribution is 2.30. The number of hydrogen-bond acceptors (Lipinski definition) is 4. The molecule has 1 aliphatic heterocycles. The maximum Gasteiger partial charge on any atom is 0.401 e. The Hall–Kier alpha value is -1.90. The summed E-state index contributed by atoms with van der Waals surface area (Å²) in [6, 6.07) is 3.09. The quantitative estimate of drug-likeness (QED) is 0.489. The standard InChI is InChI=1S/C12H13F4N3O2/c13-9-1-2-10(19(20)21)11(7-9)18-5-3-17(4-6-18)8-12(14,15)16/h1-2,7H,3-6,8H2. The smallest absolute Gasteiger partial charge is 0.363 e. The third kappa shape index (κ3) is 4.03. The number of benzene rings is 1. The van der Waals surface area contributed by atoms with Crippen molar-refractivity contribution >= 4 is 11.4 Å². The van der Waals surface area contributed by atoms with Crippen LogP contribution >= 0.6 is 0 Å². The Morgan fingerprint density at radius 3 is 2.33 bits per heavy atom. The summed E-state index contributed by atoms with van der Waals surface area (Å²) in [5.74, 6) is -0.617. The summed E-state index contributed by atoms with van der Waals surface area (Å²) in [5.41, 5.74) is -0.146. The lowest BCUT2D eigenvalue weighted by Crippen LogP contribution is -2.49. The Labute approximate surface area is 117 Å². The van der Waals surface area contributed by atoms with Gasteiger partial charge in [0.2, 0.25) is 0 Å². The topological polar surface area (TPSA) is 49.6 Å². The number of halogens is 4. The van der Waals surface area contributed by atoms with E-state index in [0.29, 0.717) is 0 Å². The van der Waals surface area contributed by atoms with Crippen molar-refractivity contribution in [1.82, 2.24) is 4.90 Å². The fraction of sp³-hybridized carbons (Fsp3) is 0.500. The SMILES string of the molecule is O=[N+]([O-])c1ccc(F)cc1N1CCN(CC(F)(F)F)CC1. The lowest BCUT2D eigenvalue weighted by atomic mass is 10.2. The first kappa shape index (κ1) is 15.5. The van der Waals surface area contributed by atoms with Gasteiger partial charge in [0.25, 0.3) is 5.69 Å². The van der Waals surface area contributed by atoms with Gasteiger partial charge in [0.05, 0.1) is 11.5 Å². The van der Waals surface area contributed by atoms with Crippen molar-refractivity contribution in [1.29, 1.82) is 0 Å². The Balaban J connectivity index is 2.09. The van der Waals surface area contributed by atoms with E-state index in [1.165, 1.54) is 9.80 Å². The molecule has 0 amide bonds. The summed E-state index contributed by atoms with van der Waals surface area (Å²) in [5, 5.41) is 10.9. The van der Waals surface area contributed by atoms with Gasteiger partial charge in [-0.3, -0.25) is 15.0 Å². The highest BCUT2D eigenvalue weighted by Gasteiger charge is 2.33. The molecule has 2 rings (SSSR count). The molecule has 1 aliphatic rings. The van der Waals surface area contributed by atoms with Crippen molar-refractivity contribution < 1.29 is 22.5 Å². The predicted octanol–water partition coefficient (Wildman–Crippen LogP) is 2.42. The van der Waals surface area contributed by atoms with E-state index >= 15 is 0 Å². The van der Waals surface area contributed by atoms with Gasteiger partial charge in [0.1, 0.15) is 11.5 Å². The highest BCUT2D eigenvalue weighted by atomic mass is 19.4. The average Bonchev–Trinajstić information content (AvgIpc) is 2.37.